The van der Waals surface area contributed by atoms with E-state index in [1.807, 2.05) is 19.1 Å². The Morgan fingerprint density at radius 2 is 1.77 bits per heavy atom. The highest BCUT2D eigenvalue weighted by Crippen LogP contribution is 2.33. The number of aryl methyl sites for hydroxylation is 1. The van der Waals surface area contributed by atoms with Crippen molar-refractivity contribution in [3.8, 4) is 0 Å². The number of imide groups is 1. The highest BCUT2D eigenvalue weighted by Gasteiger charge is 2.49. The predicted octanol–water partition coefficient (Wildman–Crippen LogP) is 4.63. The molecule has 7 heteroatoms. The van der Waals surface area contributed by atoms with Crippen molar-refractivity contribution in [3.05, 3.63) is 59.9 Å². The largest absolute Gasteiger partial charge is 0.332 e. The van der Waals surface area contributed by atoms with Crippen LogP contribution in [0.2, 0.25) is 0 Å². The van der Waals surface area contributed by atoms with Crippen LogP contribution in [0, 0.1) is 12.7 Å². The number of urea groups is 1. The molecule has 0 bridgehead atoms. The van der Waals surface area contributed by atoms with Gasteiger partial charge in [-0.15, -0.1) is 0 Å². The van der Waals surface area contributed by atoms with Crippen LogP contribution >= 0.6 is 0 Å². The highest BCUT2D eigenvalue weighted by atomic mass is 19.1. The minimum atomic E-state index is -0.870. The molecule has 6 nitrogen and oxygen atoms in total. The normalized spacial score (nSPS) is 19.7. The number of amides is 4. The van der Waals surface area contributed by atoms with Crippen LogP contribution in [0.1, 0.15) is 44.1 Å². The Balaban J connectivity index is 1.59. The number of hydrogen-bond acceptors (Lipinski definition) is 3. The van der Waals surface area contributed by atoms with E-state index in [1.165, 1.54) is 23.1 Å². The monoisotopic (exact) mass is 423 g/mol. The maximum atomic E-state index is 13.4. The lowest BCUT2D eigenvalue weighted by molar-refractivity contribution is -0.125. The lowest BCUT2D eigenvalue weighted by Crippen LogP contribution is -2.45. The Kier molecular flexibility index (Phi) is 6.02. The number of carbonyl (C=O) groups is 3. The first-order chi connectivity index (χ1) is 14.9. The third kappa shape index (κ3) is 4.45. The molecule has 2 aliphatic rings. The van der Waals surface area contributed by atoms with Gasteiger partial charge in [-0.3, -0.25) is 9.59 Å². The van der Waals surface area contributed by atoms with E-state index in [2.05, 4.69) is 5.32 Å². The van der Waals surface area contributed by atoms with Gasteiger partial charge in [0.05, 0.1) is 12.1 Å². The van der Waals surface area contributed by atoms with Gasteiger partial charge in [0.25, 0.3) is 5.91 Å². The van der Waals surface area contributed by atoms with Crippen LogP contribution in [0.5, 0.6) is 0 Å². The molecule has 1 aliphatic heterocycles. The summed E-state index contributed by atoms with van der Waals surface area (Å²) in [6.07, 6.45) is 4.58. The Hall–Kier alpha value is -3.22. The Labute approximate surface area is 181 Å². The van der Waals surface area contributed by atoms with E-state index in [1.54, 1.807) is 23.1 Å². The summed E-state index contributed by atoms with van der Waals surface area (Å²) in [5, 5.41) is 2.64. The summed E-state index contributed by atoms with van der Waals surface area (Å²) in [6.45, 7) is 1.94. The zero-order chi connectivity index (χ0) is 22.0. The van der Waals surface area contributed by atoms with Gasteiger partial charge in [0.15, 0.2) is 0 Å². The topological polar surface area (TPSA) is 69.7 Å². The number of carbonyl (C=O) groups excluding carboxylic acids is 3. The van der Waals surface area contributed by atoms with Gasteiger partial charge in [-0.05, 0) is 50.1 Å². The number of anilines is 2. The maximum absolute atomic E-state index is 13.4. The first kappa shape index (κ1) is 21.0. The minimum Gasteiger partial charge on any atom is -0.326 e. The molecule has 31 heavy (non-hydrogen) atoms. The van der Waals surface area contributed by atoms with Crippen LogP contribution in [0.3, 0.4) is 0 Å². The van der Waals surface area contributed by atoms with Crippen LogP contribution in [-0.4, -0.2) is 34.8 Å². The molecule has 162 valence electrons. The molecule has 2 fully saturated rings. The molecule has 1 atom stereocenters. The molecule has 2 aromatic rings. The van der Waals surface area contributed by atoms with Gasteiger partial charge >= 0.3 is 6.03 Å². The summed E-state index contributed by atoms with van der Waals surface area (Å²) in [5.74, 6) is -1.28. The number of rotatable bonds is 5. The molecule has 0 aromatic heterocycles. The van der Waals surface area contributed by atoms with Crippen molar-refractivity contribution in [2.75, 3.05) is 10.2 Å². The molecule has 4 amide bonds. The maximum Gasteiger partial charge on any atom is 0.332 e. The lowest BCUT2D eigenvalue weighted by atomic mass is 9.93. The van der Waals surface area contributed by atoms with E-state index in [4.69, 9.17) is 0 Å². The predicted molar refractivity (Wildman–Crippen MR) is 116 cm³/mol. The smallest absolute Gasteiger partial charge is 0.326 e. The van der Waals surface area contributed by atoms with Crippen molar-refractivity contribution >= 4 is 29.2 Å². The highest BCUT2D eigenvalue weighted by molar-refractivity contribution is 6.22. The molecule has 1 saturated carbocycles. The molecular weight excluding hydrogens is 397 g/mol. The average Bonchev–Trinajstić information content (AvgIpc) is 2.99. The fourth-order valence-corrected chi connectivity index (χ4v) is 4.45. The van der Waals surface area contributed by atoms with Gasteiger partial charge in [-0.25, -0.2) is 14.1 Å². The van der Waals surface area contributed by atoms with Crippen molar-refractivity contribution in [1.82, 2.24) is 4.90 Å². The Morgan fingerprint density at radius 1 is 1.06 bits per heavy atom. The quantitative estimate of drug-likeness (QED) is 0.713. The molecule has 1 N–H and O–H groups in total. The minimum absolute atomic E-state index is 0.0624. The van der Waals surface area contributed by atoms with Gasteiger partial charge in [-0.1, -0.05) is 43.0 Å². The Bertz CT molecular complexity index is 986. The van der Waals surface area contributed by atoms with E-state index in [9.17, 15) is 18.8 Å². The SMILES string of the molecule is Cc1ccc(N2C(=O)C(CC(=O)Nc3cccc(F)c3)N(C3CCCCC3)C2=O)cc1. The van der Waals surface area contributed by atoms with Crippen LogP contribution < -0.4 is 10.2 Å². The second-order valence-electron chi connectivity index (χ2n) is 8.27. The molecule has 1 heterocycles. The zero-order valence-corrected chi connectivity index (χ0v) is 17.5. The average molecular weight is 423 g/mol. The van der Waals surface area contributed by atoms with Gasteiger partial charge in [0.1, 0.15) is 11.9 Å². The van der Waals surface area contributed by atoms with Crippen LogP contribution in [0.25, 0.3) is 0 Å². The number of nitrogens with zero attached hydrogens (tertiary/aromatic N) is 2. The molecular formula is C24H26FN3O3. The number of hydrogen-bond donors (Lipinski definition) is 1. The third-order valence-corrected chi connectivity index (χ3v) is 6.00. The second kappa shape index (κ2) is 8.88. The van der Waals surface area contributed by atoms with Crippen LogP contribution in [0.15, 0.2) is 48.5 Å². The first-order valence-corrected chi connectivity index (χ1v) is 10.7. The summed E-state index contributed by atoms with van der Waals surface area (Å²) in [6, 6.07) is 11.5. The number of benzene rings is 2. The molecule has 0 spiro atoms. The molecule has 1 unspecified atom stereocenters. The van der Waals surface area contributed by atoms with E-state index < -0.39 is 23.7 Å². The van der Waals surface area contributed by atoms with Crippen molar-refractivity contribution in [2.24, 2.45) is 0 Å². The van der Waals surface area contributed by atoms with E-state index in [-0.39, 0.29) is 18.5 Å². The molecule has 1 aliphatic carbocycles. The molecule has 4 rings (SSSR count). The first-order valence-electron chi connectivity index (χ1n) is 10.7. The van der Waals surface area contributed by atoms with Crippen molar-refractivity contribution in [3.63, 3.8) is 0 Å². The Morgan fingerprint density at radius 3 is 2.45 bits per heavy atom. The summed E-state index contributed by atoms with van der Waals surface area (Å²) < 4.78 is 13.4. The van der Waals surface area contributed by atoms with Crippen LogP contribution in [-0.2, 0) is 9.59 Å². The number of nitrogens with one attached hydrogen (secondary N) is 1. The van der Waals surface area contributed by atoms with E-state index in [0.717, 1.165) is 37.7 Å². The summed E-state index contributed by atoms with van der Waals surface area (Å²) >= 11 is 0. The fraction of sp³-hybridized carbons (Fsp3) is 0.375. The van der Waals surface area contributed by atoms with Gasteiger partial charge < -0.3 is 10.2 Å². The number of halogens is 1. The second-order valence-corrected chi connectivity index (χ2v) is 8.27. The van der Waals surface area contributed by atoms with Crippen molar-refractivity contribution in [2.45, 2.75) is 57.5 Å². The lowest BCUT2D eigenvalue weighted by Gasteiger charge is -2.33. The summed E-state index contributed by atoms with van der Waals surface area (Å²) in [5.41, 5.74) is 1.86. The van der Waals surface area contributed by atoms with Crippen molar-refractivity contribution < 1.29 is 18.8 Å². The third-order valence-electron chi connectivity index (χ3n) is 6.00. The fourth-order valence-electron chi connectivity index (χ4n) is 4.45. The van der Waals surface area contributed by atoms with Crippen molar-refractivity contribution in [1.29, 1.82) is 0 Å². The molecule has 1 saturated heterocycles. The summed E-state index contributed by atoms with van der Waals surface area (Å²) in [7, 11) is 0. The van der Waals surface area contributed by atoms with Crippen LogP contribution in [0.4, 0.5) is 20.6 Å². The standard InChI is InChI=1S/C24H26FN3O3/c1-16-10-12-20(13-11-16)28-23(30)21(27(24(28)31)19-8-3-2-4-9-19)15-22(29)26-18-7-5-6-17(25)14-18/h5-7,10-14,19,21H,2-4,8-9,15H2,1H3,(H,26,29). The van der Waals surface area contributed by atoms with Gasteiger partial charge in [-0.2, -0.15) is 0 Å². The summed E-state index contributed by atoms with van der Waals surface area (Å²) in [4.78, 5) is 42.2. The van der Waals surface area contributed by atoms with Gasteiger partial charge in [0, 0.05) is 11.7 Å². The molecule has 0 radical (unpaired) electrons. The zero-order valence-electron chi connectivity index (χ0n) is 17.5. The van der Waals surface area contributed by atoms with Gasteiger partial charge in [0.2, 0.25) is 5.91 Å². The van der Waals surface area contributed by atoms with E-state index >= 15 is 0 Å². The molecule has 2 aromatic carbocycles. The van der Waals surface area contributed by atoms with E-state index in [0.29, 0.717) is 11.4 Å².